The minimum absolute atomic E-state index is 0.0607. The average Bonchev–Trinajstić information content (AvgIpc) is 2.94. The number of para-hydroxylation sites is 1. The lowest BCUT2D eigenvalue weighted by atomic mass is 10.0. The smallest absolute Gasteiger partial charge is 0.309 e. The van der Waals surface area contributed by atoms with Gasteiger partial charge >= 0.3 is 5.97 Å². The number of H-pyrrole nitrogens is 2. The Bertz CT molecular complexity index is 712. The van der Waals surface area contributed by atoms with Crippen molar-refractivity contribution in [3.63, 3.8) is 0 Å². The normalized spacial score (nSPS) is 10.9. The van der Waals surface area contributed by atoms with Crippen LogP contribution in [0.25, 0.3) is 22.0 Å². The topological polar surface area (TPSA) is 81.8 Å². The van der Waals surface area contributed by atoms with Crippen molar-refractivity contribution in [1.82, 2.24) is 15.2 Å². The molecule has 2 heterocycles. The zero-order valence-electron chi connectivity index (χ0n) is 9.47. The van der Waals surface area contributed by atoms with Gasteiger partial charge in [-0.05, 0) is 6.07 Å². The second-order valence-electron chi connectivity index (χ2n) is 4.08. The Morgan fingerprint density at radius 1 is 1.28 bits per heavy atom. The Kier molecular flexibility index (Phi) is 2.37. The number of benzene rings is 1. The Labute approximate surface area is 102 Å². The molecule has 0 spiro atoms. The molecular formula is C13H11N3O2. The van der Waals surface area contributed by atoms with E-state index in [4.69, 9.17) is 5.11 Å². The lowest BCUT2D eigenvalue weighted by molar-refractivity contribution is -0.136. The number of carboxylic acids is 1. The molecule has 0 amide bonds. The van der Waals surface area contributed by atoms with Crippen molar-refractivity contribution in [3.8, 4) is 11.1 Å². The first-order chi connectivity index (χ1) is 8.75. The van der Waals surface area contributed by atoms with Gasteiger partial charge < -0.3 is 10.1 Å². The number of carbonyl (C=O) groups is 1. The molecule has 3 N–H and O–H groups in total. The predicted octanol–water partition coefficient (Wildman–Crippen LogP) is 2.19. The van der Waals surface area contributed by atoms with Crippen molar-refractivity contribution in [2.24, 2.45) is 0 Å². The van der Waals surface area contributed by atoms with Crippen molar-refractivity contribution < 1.29 is 9.90 Å². The maximum absolute atomic E-state index is 10.8. The van der Waals surface area contributed by atoms with Gasteiger partial charge in [-0.3, -0.25) is 9.89 Å². The first kappa shape index (κ1) is 10.6. The summed E-state index contributed by atoms with van der Waals surface area (Å²) in [7, 11) is 0. The molecule has 0 saturated heterocycles. The fourth-order valence-electron chi connectivity index (χ4n) is 2.13. The summed E-state index contributed by atoms with van der Waals surface area (Å²) < 4.78 is 0. The van der Waals surface area contributed by atoms with E-state index in [0.29, 0.717) is 5.69 Å². The number of hydrogen-bond acceptors (Lipinski definition) is 2. The molecule has 90 valence electrons. The zero-order valence-corrected chi connectivity index (χ0v) is 9.47. The fourth-order valence-corrected chi connectivity index (χ4v) is 2.13. The summed E-state index contributed by atoms with van der Waals surface area (Å²) in [5, 5.41) is 16.6. The van der Waals surface area contributed by atoms with Gasteiger partial charge in [0.25, 0.3) is 0 Å². The van der Waals surface area contributed by atoms with E-state index in [1.54, 1.807) is 6.20 Å². The third kappa shape index (κ3) is 1.66. The van der Waals surface area contributed by atoms with Gasteiger partial charge in [0.2, 0.25) is 0 Å². The van der Waals surface area contributed by atoms with E-state index in [1.165, 1.54) is 0 Å². The van der Waals surface area contributed by atoms with E-state index in [1.807, 2.05) is 30.5 Å². The minimum atomic E-state index is -0.875. The quantitative estimate of drug-likeness (QED) is 0.657. The third-order valence-corrected chi connectivity index (χ3v) is 2.93. The number of fused-ring (bicyclic) bond motifs is 1. The first-order valence-electron chi connectivity index (χ1n) is 5.56. The van der Waals surface area contributed by atoms with E-state index >= 15 is 0 Å². The van der Waals surface area contributed by atoms with Gasteiger partial charge in [0.1, 0.15) is 0 Å². The van der Waals surface area contributed by atoms with Gasteiger partial charge in [0, 0.05) is 28.2 Å². The molecular weight excluding hydrogens is 230 g/mol. The van der Waals surface area contributed by atoms with E-state index < -0.39 is 5.97 Å². The van der Waals surface area contributed by atoms with Crippen LogP contribution in [0, 0.1) is 0 Å². The molecule has 2 aromatic heterocycles. The molecule has 5 heteroatoms. The molecule has 3 aromatic rings. The van der Waals surface area contributed by atoms with Gasteiger partial charge in [-0.1, -0.05) is 18.2 Å². The molecule has 5 nitrogen and oxygen atoms in total. The molecule has 0 aliphatic heterocycles. The van der Waals surface area contributed by atoms with Gasteiger partial charge in [0.05, 0.1) is 18.3 Å². The Morgan fingerprint density at radius 3 is 2.94 bits per heavy atom. The van der Waals surface area contributed by atoms with Crippen molar-refractivity contribution in [2.75, 3.05) is 0 Å². The fraction of sp³-hybridized carbons (Fsp3) is 0.0769. The number of aliphatic carboxylic acids is 1. The number of nitrogens with zero attached hydrogens (tertiary/aromatic N) is 1. The maximum Gasteiger partial charge on any atom is 0.309 e. The summed E-state index contributed by atoms with van der Waals surface area (Å²) >= 11 is 0. The van der Waals surface area contributed by atoms with Gasteiger partial charge in [-0.15, -0.1) is 0 Å². The highest BCUT2D eigenvalue weighted by atomic mass is 16.4. The van der Waals surface area contributed by atoms with Gasteiger partial charge in [-0.2, -0.15) is 5.10 Å². The largest absolute Gasteiger partial charge is 0.481 e. The van der Waals surface area contributed by atoms with Crippen LogP contribution in [0.4, 0.5) is 0 Å². The van der Waals surface area contributed by atoms with E-state index in [0.717, 1.165) is 22.0 Å². The number of rotatable bonds is 3. The average molecular weight is 241 g/mol. The van der Waals surface area contributed by atoms with Crippen LogP contribution in [0.1, 0.15) is 5.69 Å². The third-order valence-electron chi connectivity index (χ3n) is 2.93. The summed E-state index contributed by atoms with van der Waals surface area (Å²) in [4.78, 5) is 14.0. The number of hydrogen-bond donors (Lipinski definition) is 3. The molecule has 0 aliphatic rings. The molecule has 0 saturated carbocycles. The second kappa shape index (κ2) is 4.03. The molecule has 0 radical (unpaired) electrons. The number of aromatic amines is 2. The van der Waals surface area contributed by atoms with E-state index in [9.17, 15) is 4.79 Å². The standard InChI is InChI=1S/C13H11N3O2/c17-13(18)5-12-10(7-15-16-12)9-6-14-11-4-2-1-3-8(9)11/h1-4,6-7,14H,5H2,(H,15,16)(H,17,18). The van der Waals surface area contributed by atoms with Crippen molar-refractivity contribution in [2.45, 2.75) is 6.42 Å². The summed E-state index contributed by atoms with van der Waals surface area (Å²) in [6.07, 6.45) is 3.48. The van der Waals surface area contributed by atoms with Crippen LogP contribution >= 0.6 is 0 Å². The molecule has 0 atom stereocenters. The number of aromatic nitrogens is 3. The molecule has 18 heavy (non-hydrogen) atoms. The lowest BCUT2D eigenvalue weighted by Crippen LogP contribution is -2.01. The van der Waals surface area contributed by atoms with Crippen LogP contribution in [0.5, 0.6) is 0 Å². The summed E-state index contributed by atoms with van der Waals surface area (Å²) in [6.45, 7) is 0. The molecule has 0 bridgehead atoms. The second-order valence-corrected chi connectivity index (χ2v) is 4.08. The van der Waals surface area contributed by atoms with Crippen molar-refractivity contribution in [1.29, 1.82) is 0 Å². The van der Waals surface area contributed by atoms with Crippen molar-refractivity contribution in [3.05, 3.63) is 42.4 Å². The molecule has 0 unspecified atom stereocenters. The minimum Gasteiger partial charge on any atom is -0.481 e. The van der Waals surface area contributed by atoms with Crippen LogP contribution in [0.3, 0.4) is 0 Å². The summed E-state index contributed by atoms with van der Waals surface area (Å²) in [5.41, 5.74) is 3.44. The van der Waals surface area contributed by atoms with Gasteiger partial charge in [-0.25, -0.2) is 0 Å². The lowest BCUT2D eigenvalue weighted by Gasteiger charge is -1.99. The first-order valence-corrected chi connectivity index (χ1v) is 5.56. The molecule has 0 fully saturated rings. The molecule has 1 aromatic carbocycles. The van der Waals surface area contributed by atoms with Crippen LogP contribution < -0.4 is 0 Å². The summed E-state index contributed by atoms with van der Waals surface area (Å²) in [5.74, 6) is -0.875. The van der Waals surface area contributed by atoms with Crippen LogP contribution in [0.2, 0.25) is 0 Å². The highest BCUT2D eigenvalue weighted by Crippen LogP contribution is 2.30. The zero-order chi connectivity index (χ0) is 12.5. The highest BCUT2D eigenvalue weighted by Gasteiger charge is 2.14. The molecule has 3 rings (SSSR count). The van der Waals surface area contributed by atoms with Crippen LogP contribution in [-0.4, -0.2) is 26.3 Å². The van der Waals surface area contributed by atoms with E-state index in [-0.39, 0.29) is 6.42 Å². The predicted molar refractivity (Wildman–Crippen MR) is 67.2 cm³/mol. The van der Waals surface area contributed by atoms with Crippen LogP contribution in [-0.2, 0) is 11.2 Å². The summed E-state index contributed by atoms with van der Waals surface area (Å²) in [6, 6.07) is 7.89. The Balaban J connectivity index is 2.15. The number of carboxylic acid groups (broad SMARTS) is 1. The van der Waals surface area contributed by atoms with Crippen LogP contribution in [0.15, 0.2) is 36.7 Å². The van der Waals surface area contributed by atoms with Crippen molar-refractivity contribution >= 4 is 16.9 Å². The molecule has 0 aliphatic carbocycles. The number of nitrogens with one attached hydrogen (secondary N) is 2. The SMILES string of the molecule is O=C(O)Cc1[nH]ncc1-c1c[nH]c2ccccc12. The highest BCUT2D eigenvalue weighted by molar-refractivity contribution is 5.96. The monoisotopic (exact) mass is 241 g/mol. The maximum atomic E-state index is 10.8. The Hall–Kier alpha value is -2.56. The van der Waals surface area contributed by atoms with Gasteiger partial charge in [0.15, 0.2) is 0 Å². The van der Waals surface area contributed by atoms with E-state index in [2.05, 4.69) is 15.2 Å². The Morgan fingerprint density at radius 2 is 2.11 bits per heavy atom.